The average molecular weight is 322 g/mol. The van der Waals surface area contributed by atoms with Gasteiger partial charge in [-0.05, 0) is 37.1 Å². The number of amides is 2. The molecule has 6 nitrogen and oxygen atoms in total. The Bertz CT molecular complexity index is 685. The van der Waals surface area contributed by atoms with Gasteiger partial charge in [0.15, 0.2) is 0 Å². The summed E-state index contributed by atoms with van der Waals surface area (Å²) in [7, 11) is 0. The van der Waals surface area contributed by atoms with Crippen molar-refractivity contribution in [2.75, 3.05) is 13.1 Å². The molecule has 3 saturated heterocycles. The SMILES string of the molecule is O=C(c1ccccn1)N1CC2CCC1CN2C(=O)c1ccccn1. The Morgan fingerprint density at radius 2 is 1.25 bits per heavy atom. The first-order chi connectivity index (χ1) is 11.7. The Balaban J connectivity index is 1.52. The summed E-state index contributed by atoms with van der Waals surface area (Å²) >= 11 is 0. The van der Waals surface area contributed by atoms with E-state index in [9.17, 15) is 9.59 Å². The Hall–Kier alpha value is -2.76. The molecule has 3 aliphatic heterocycles. The van der Waals surface area contributed by atoms with Crippen LogP contribution in [0.3, 0.4) is 0 Å². The van der Waals surface area contributed by atoms with Crippen LogP contribution in [0.4, 0.5) is 0 Å². The van der Waals surface area contributed by atoms with Gasteiger partial charge in [-0.25, -0.2) is 0 Å². The van der Waals surface area contributed by atoms with Crippen molar-refractivity contribution in [3.05, 3.63) is 60.2 Å². The molecule has 0 radical (unpaired) electrons. The van der Waals surface area contributed by atoms with Crippen molar-refractivity contribution in [1.29, 1.82) is 0 Å². The minimum atomic E-state index is -0.0461. The zero-order valence-corrected chi connectivity index (χ0v) is 13.2. The van der Waals surface area contributed by atoms with Gasteiger partial charge in [-0.1, -0.05) is 12.1 Å². The van der Waals surface area contributed by atoms with Gasteiger partial charge in [0.2, 0.25) is 0 Å². The highest BCUT2D eigenvalue weighted by molar-refractivity contribution is 5.94. The van der Waals surface area contributed by atoms with Crippen LogP contribution in [0.15, 0.2) is 48.8 Å². The first kappa shape index (κ1) is 14.8. The minimum absolute atomic E-state index is 0.0461. The van der Waals surface area contributed by atoms with Gasteiger partial charge in [-0.3, -0.25) is 19.6 Å². The number of pyridine rings is 2. The van der Waals surface area contributed by atoms with Gasteiger partial charge < -0.3 is 9.80 Å². The van der Waals surface area contributed by atoms with Crippen LogP contribution in [-0.4, -0.2) is 56.8 Å². The van der Waals surface area contributed by atoms with Crippen molar-refractivity contribution in [1.82, 2.24) is 19.8 Å². The molecule has 5 rings (SSSR count). The summed E-state index contributed by atoms with van der Waals surface area (Å²) in [6.45, 7) is 1.14. The minimum Gasteiger partial charge on any atom is -0.330 e. The monoisotopic (exact) mass is 322 g/mol. The quantitative estimate of drug-likeness (QED) is 0.842. The van der Waals surface area contributed by atoms with E-state index in [-0.39, 0.29) is 23.9 Å². The summed E-state index contributed by atoms with van der Waals surface area (Å²) in [5, 5.41) is 0. The molecular formula is C18H18N4O2. The van der Waals surface area contributed by atoms with Crippen molar-refractivity contribution in [3.8, 4) is 0 Å². The standard InChI is InChI=1S/C18H18N4O2/c23-17(15-5-1-3-9-19-15)21-11-14-8-7-13(21)12-22(14)18(24)16-6-2-4-10-20-16/h1-6,9-10,13-14H,7-8,11-12H2. The summed E-state index contributed by atoms with van der Waals surface area (Å²) in [4.78, 5) is 37.4. The molecule has 122 valence electrons. The summed E-state index contributed by atoms with van der Waals surface area (Å²) in [6.07, 6.45) is 5.11. The number of hydrogen-bond donors (Lipinski definition) is 0. The zero-order chi connectivity index (χ0) is 16.5. The van der Waals surface area contributed by atoms with Crippen LogP contribution in [0.2, 0.25) is 0 Å². The van der Waals surface area contributed by atoms with Crippen LogP contribution in [0.1, 0.15) is 33.8 Å². The normalized spacial score (nSPS) is 22.5. The van der Waals surface area contributed by atoms with Crippen molar-refractivity contribution >= 4 is 11.8 Å². The molecule has 0 spiro atoms. The topological polar surface area (TPSA) is 66.4 Å². The highest BCUT2D eigenvalue weighted by atomic mass is 16.2. The fourth-order valence-electron chi connectivity index (χ4n) is 3.60. The van der Waals surface area contributed by atoms with E-state index in [0.29, 0.717) is 24.5 Å². The summed E-state index contributed by atoms with van der Waals surface area (Å²) < 4.78 is 0. The smallest absolute Gasteiger partial charge is 0.272 e. The molecule has 3 fully saturated rings. The van der Waals surface area contributed by atoms with E-state index < -0.39 is 0 Å². The largest absolute Gasteiger partial charge is 0.330 e. The predicted molar refractivity (Wildman–Crippen MR) is 87.4 cm³/mol. The number of piperazine rings is 1. The van der Waals surface area contributed by atoms with E-state index in [1.165, 1.54) is 0 Å². The van der Waals surface area contributed by atoms with Gasteiger partial charge >= 0.3 is 0 Å². The second kappa shape index (κ2) is 6.03. The van der Waals surface area contributed by atoms with Crippen molar-refractivity contribution in [3.63, 3.8) is 0 Å². The van der Waals surface area contributed by atoms with Gasteiger partial charge in [0.25, 0.3) is 11.8 Å². The van der Waals surface area contributed by atoms with Crippen molar-refractivity contribution in [2.24, 2.45) is 0 Å². The molecule has 0 N–H and O–H groups in total. The van der Waals surface area contributed by atoms with Crippen molar-refractivity contribution < 1.29 is 9.59 Å². The van der Waals surface area contributed by atoms with Crippen LogP contribution in [0, 0.1) is 0 Å². The maximum atomic E-state index is 12.7. The average Bonchev–Trinajstić information content (AvgIpc) is 2.68. The summed E-state index contributed by atoms with van der Waals surface area (Å²) in [5.74, 6) is -0.0922. The molecule has 6 heteroatoms. The Morgan fingerprint density at radius 3 is 1.58 bits per heavy atom. The first-order valence-electron chi connectivity index (χ1n) is 8.18. The molecule has 0 aromatic carbocycles. The number of rotatable bonds is 2. The highest BCUT2D eigenvalue weighted by Crippen LogP contribution is 2.30. The molecule has 2 bridgehead atoms. The second-order valence-electron chi connectivity index (χ2n) is 6.23. The third-order valence-electron chi connectivity index (χ3n) is 4.82. The maximum absolute atomic E-state index is 12.7. The van der Waals surface area contributed by atoms with Gasteiger partial charge in [0, 0.05) is 37.6 Å². The number of hydrogen-bond acceptors (Lipinski definition) is 4. The third kappa shape index (κ3) is 2.54. The molecule has 24 heavy (non-hydrogen) atoms. The maximum Gasteiger partial charge on any atom is 0.272 e. The lowest BCUT2D eigenvalue weighted by Crippen LogP contribution is -2.65. The van der Waals surface area contributed by atoms with Crippen LogP contribution in [-0.2, 0) is 0 Å². The summed E-state index contributed by atoms with van der Waals surface area (Å²) in [5.41, 5.74) is 0.931. The predicted octanol–water partition coefficient (Wildman–Crippen LogP) is 1.61. The van der Waals surface area contributed by atoms with Crippen LogP contribution in [0.5, 0.6) is 0 Å². The molecule has 0 aliphatic carbocycles. The van der Waals surface area contributed by atoms with Crippen LogP contribution >= 0.6 is 0 Å². The van der Waals surface area contributed by atoms with Crippen LogP contribution in [0.25, 0.3) is 0 Å². The second-order valence-corrected chi connectivity index (χ2v) is 6.23. The fourth-order valence-corrected chi connectivity index (χ4v) is 3.60. The molecule has 2 aromatic heterocycles. The Labute approximate surface area is 140 Å². The van der Waals surface area contributed by atoms with E-state index in [2.05, 4.69) is 9.97 Å². The highest BCUT2D eigenvalue weighted by Gasteiger charge is 2.43. The van der Waals surface area contributed by atoms with E-state index in [0.717, 1.165) is 12.8 Å². The lowest BCUT2D eigenvalue weighted by molar-refractivity contribution is -0.00660. The molecule has 5 heterocycles. The molecule has 2 atom stereocenters. The fraction of sp³-hybridized carbons (Fsp3) is 0.333. The molecule has 2 aromatic rings. The van der Waals surface area contributed by atoms with E-state index in [1.807, 2.05) is 21.9 Å². The molecular weight excluding hydrogens is 304 g/mol. The number of piperidine rings is 2. The molecule has 0 saturated carbocycles. The van der Waals surface area contributed by atoms with Gasteiger partial charge in [0.1, 0.15) is 11.4 Å². The molecule has 2 amide bonds. The zero-order valence-electron chi connectivity index (χ0n) is 13.2. The van der Waals surface area contributed by atoms with E-state index in [4.69, 9.17) is 0 Å². The number of fused-ring (bicyclic) bond motifs is 3. The van der Waals surface area contributed by atoms with Gasteiger partial charge in [-0.2, -0.15) is 0 Å². The first-order valence-corrected chi connectivity index (χ1v) is 8.18. The number of nitrogens with zero attached hydrogens (tertiary/aromatic N) is 4. The number of carbonyl (C=O) groups is 2. The Morgan fingerprint density at radius 1 is 0.792 bits per heavy atom. The summed E-state index contributed by atoms with van der Waals surface area (Å²) in [6, 6.07) is 10.8. The Kier molecular flexibility index (Phi) is 3.72. The van der Waals surface area contributed by atoms with Gasteiger partial charge in [-0.15, -0.1) is 0 Å². The lowest BCUT2D eigenvalue weighted by Gasteiger charge is -2.51. The lowest BCUT2D eigenvalue weighted by atomic mass is 9.90. The van der Waals surface area contributed by atoms with E-state index in [1.54, 1.807) is 36.7 Å². The molecule has 3 aliphatic rings. The number of aromatic nitrogens is 2. The van der Waals surface area contributed by atoms with Gasteiger partial charge in [0.05, 0.1) is 0 Å². The number of carbonyl (C=O) groups excluding carboxylic acids is 2. The third-order valence-corrected chi connectivity index (χ3v) is 4.82. The van der Waals surface area contributed by atoms with E-state index >= 15 is 0 Å². The molecule has 2 unspecified atom stereocenters. The van der Waals surface area contributed by atoms with Crippen molar-refractivity contribution in [2.45, 2.75) is 24.9 Å². The van der Waals surface area contributed by atoms with Crippen LogP contribution < -0.4 is 0 Å².